The predicted octanol–water partition coefficient (Wildman–Crippen LogP) is 5.04. The monoisotopic (exact) mass is 546 g/mol. The van der Waals surface area contributed by atoms with E-state index in [0.29, 0.717) is 30.8 Å². The molecule has 5 fully saturated rings. The minimum absolute atomic E-state index is 0.0195. The van der Waals surface area contributed by atoms with Crippen LogP contribution in [0, 0.1) is 40.4 Å². The number of hydrogen-bond acceptors (Lipinski definition) is 7. The van der Waals surface area contributed by atoms with E-state index in [9.17, 15) is 9.90 Å². The number of methoxy groups -OCH3 is 2. The Kier molecular flexibility index (Phi) is 7.27. The molecule has 1 N–H and O–H groups in total. The Morgan fingerprint density at radius 3 is 2.44 bits per heavy atom. The van der Waals surface area contributed by atoms with Crippen molar-refractivity contribution in [2.24, 2.45) is 40.4 Å². The Hall–Kier alpha value is -0.990. The van der Waals surface area contributed by atoms with Gasteiger partial charge in [0, 0.05) is 50.4 Å². The molecule has 220 valence electrons. The summed E-state index contributed by atoms with van der Waals surface area (Å²) in [5.74, 6) is 1.47. The number of aliphatic hydroxyl groups is 1. The molecule has 2 aliphatic heterocycles. The molecule has 13 atom stereocenters. The van der Waals surface area contributed by atoms with Crippen LogP contribution in [0.5, 0.6) is 0 Å². The summed E-state index contributed by atoms with van der Waals surface area (Å²) >= 11 is 0. The second kappa shape index (κ2) is 10.1. The lowest BCUT2D eigenvalue weighted by molar-refractivity contribution is -0.262. The van der Waals surface area contributed by atoms with Crippen LogP contribution in [0.2, 0.25) is 0 Å². The van der Waals surface area contributed by atoms with E-state index in [1.54, 1.807) is 20.3 Å². The summed E-state index contributed by atoms with van der Waals surface area (Å²) in [5, 5.41) is 12.6. The summed E-state index contributed by atoms with van der Waals surface area (Å²) in [6.45, 7) is 9.42. The van der Waals surface area contributed by atoms with Gasteiger partial charge in [-0.3, -0.25) is 0 Å². The highest BCUT2D eigenvalue weighted by Crippen LogP contribution is 2.70. The molecule has 0 bridgehead atoms. The molecular weight excluding hydrogens is 496 g/mol. The standard InChI is InChI=1S/C32H50O7/c1-18-19(2)38-28(15-25(18)35-5)39-22-9-11-30(3)21(14-22)7-8-24-23(30)10-12-31(4)29(20-13-27(33)37-17-20)26(36-6)16-32(24,31)34/h13,18-19,21-26,28-29,34H,7-12,14-17H2,1-6H3. The topological polar surface area (TPSA) is 83.5 Å². The van der Waals surface area contributed by atoms with Gasteiger partial charge in [0.2, 0.25) is 0 Å². The number of cyclic esters (lactones) is 1. The van der Waals surface area contributed by atoms with Crippen LogP contribution < -0.4 is 0 Å². The van der Waals surface area contributed by atoms with Crippen molar-refractivity contribution in [3.8, 4) is 0 Å². The minimum atomic E-state index is -0.799. The van der Waals surface area contributed by atoms with Crippen molar-refractivity contribution >= 4 is 5.97 Å². The minimum Gasteiger partial charge on any atom is -0.458 e. The zero-order chi connectivity index (χ0) is 27.7. The van der Waals surface area contributed by atoms with Gasteiger partial charge in [0.15, 0.2) is 6.29 Å². The van der Waals surface area contributed by atoms with Crippen molar-refractivity contribution in [3.05, 3.63) is 11.6 Å². The molecule has 0 amide bonds. The number of hydrogen-bond donors (Lipinski definition) is 1. The van der Waals surface area contributed by atoms with Crippen molar-refractivity contribution in [2.75, 3.05) is 20.8 Å². The summed E-state index contributed by atoms with van der Waals surface area (Å²) in [6.07, 6.45) is 10.8. The molecule has 7 heteroatoms. The highest BCUT2D eigenvalue weighted by atomic mass is 16.7. The van der Waals surface area contributed by atoms with Crippen LogP contribution in [0.4, 0.5) is 0 Å². The van der Waals surface area contributed by atoms with E-state index in [-0.39, 0.29) is 59.3 Å². The maximum atomic E-state index is 12.6. The van der Waals surface area contributed by atoms with E-state index in [2.05, 4.69) is 27.7 Å². The SMILES string of the molecule is COC1CC(OC2CCC3(C)C(CCC4C3CCC3(C)C(C5=CC(=O)OC5)C(OC)CC43O)C2)OC(C)C1C. The third-order valence-corrected chi connectivity index (χ3v) is 12.9. The molecule has 0 spiro atoms. The molecule has 2 heterocycles. The van der Waals surface area contributed by atoms with E-state index in [1.165, 1.54) is 0 Å². The maximum absolute atomic E-state index is 12.6. The molecule has 4 saturated carbocycles. The molecule has 0 aromatic heterocycles. The van der Waals surface area contributed by atoms with Gasteiger partial charge in [-0.1, -0.05) is 20.8 Å². The van der Waals surface area contributed by atoms with Gasteiger partial charge in [0.25, 0.3) is 0 Å². The lowest BCUT2D eigenvalue weighted by Gasteiger charge is -2.63. The zero-order valence-electron chi connectivity index (χ0n) is 24.8. The number of esters is 1. The molecule has 1 saturated heterocycles. The van der Waals surface area contributed by atoms with E-state index in [4.69, 9.17) is 23.7 Å². The Labute approximate surface area is 234 Å². The largest absolute Gasteiger partial charge is 0.458 e. The predicted molar refractivity (Wildman–Crippen MR) is 146 cm³/mol. The van der Waals surface area contributed by atoms with Gasteiger partial charge in [-0.05, 0) is 80.6 Å². The van der Waals surface area contributed by atoms with Crippen LogP contribution in [0.25, 0.3) is 0 Å². The van der Waals surface area contributed by atoms with Crippen molar-refractivity contribution in [3.63, 3.8) is 0 Å². The van der Waals surface area contributed by atoms with Gasteiger partial charge >= 0.3 is 5.97 Å². The highest BCUT2D eigenvalue weighted by molar-refractivity contribution is 5.85. The average Bonchev–Trinajstić information content (AvgIpc) is 3.43. The van der Waals surface area contributed by atoms with Crippen LogP contribution in [0.3, 0.4) is 0 Å². The molecule has 0 aromatic rings. The van der Waals surface area contributed by atoms with Crippen molar-refractivity contribution < 1.29 is 33.6 Å². The third kappa shape index (κ3) is 4.28. The van der Waals surface area contributed by atoms with Gasteiger partial charge in [0.1, 0.15) is 6.61 Å². The van der Waals surface area contributed by atoms with Gasteiger partial charge < -0.3 is 28.8 Å². The molecule has 39 heavy (non-hydrogen) atoms. The van der Waals surface area contributed by atoms with Crippen LogP contribution in [-0.2, 0) is 28.5 Å². The second-order valence-electron chi connectivity index (χ2n) is 14.3. The fourth-order valence-corrected chi connectivity index (χ4v) is 10.5. The molecule has 13 unspecified atom stereocenters. The Balaban J connectivity index is 1.18. The number of ether oxygens (including phenoxy) is 5. The maximum Gasteiger partial charge on any atom is 0.331 e. The molecule has 0 radical (unpaired) electrons. The Morgan fingerprint density at radius 1 is 0.974 bits per heavy atom. The normalized spacial score (nSPS) is 53.4. The lowest BCUT2D eigenvalue weighted by Crippen LogP contribution is -2.62. The summed E-state index contributed by atoms with van der Waals surface area (Å²) in [6, 6.07) is 0. The summed E-state index contributed by atoms with van der Waals surface area (Å²) < 4.78 is 29.9. The average molecular weight is 547 g/mol. The second-order valence-corrected chi connectivity index (χ2v) is 14.3. The Bertz CT molecular complexity index is 982. The van der Waals surface area contributed by atoms with E-state index in [1.807, 2.05) is 0 Å². The summed E-state index contributed by atoms with van der Waals surface area (Å²) in [4.78, 5) is 12.0. The number of carbonyl (C=O) groups is 1. The molecule has 0 aromatic carbocycles. The highest BCUT2D eigenvalue weighted by Gasteiger charge is 2.70. The van der Waals surface area contributed by atoms with Crippen LogP contribution >= 0.6 is 0 Å². The first-order chi connectivity index (χ1) is 18.5. The fraction of sp³-hybridized carbons (Fsp3) is 0.906. The van der Waals surface area contributed by atoms with E-state index in [0.717, 1.165) is 56.9 Å². The molecule has 7 nitrogen and oxygen atoms in total. The molecule has 4 aliphatic carbocycles. The van der Waals surface area contributed by atoms with Crippen molar-refractivity contribution in [2.45, 2.75) is 122 Å². The van der Waals surface area contributed by atoms with E-state index < -0.39 is 5.60 Å². The molecular formula is C32H50O7. The van der Waals surface area contributed by atoms with Gasteiger partial charge in [-0.15, -0.1) is 0 Å². The van der Waals surface area contributed by atoms with Crippen molar-refractivity contribution in [1.82, 2.24) is 0 Å². The van der Waals surface area contributed by atoms with Gasteiger partial charge in [-0.2, -0.15) is 0 Å². The third-order valence-electron chi connectivity index (χ3n) is 12.9. The number of fused-ring (bicyclic) bond motifs is 5. The number of carbonyl (C=O) groups excluding carboxylic acids is 1. The zero-order valence-corrected chi connectivity index (χ0v) is 24.8. The lowest BCUT2D eigenvalue weighted by atomic mass is 9.43. The number of rotatable bonds is 5. The first-order valence-corrected chi connectivity index (χ1v) is 15.5. The van der Waals surface area contributed by atoms with Crippen LogP contribution in [0.15, 0.2) is 11.6 Å². The molecule has 6 rings (SSSR count). The first-order valence-electron chi connectivity index (χ1n) is 15.5. The van der Waals surface area contributed by atoms with Gasteiger partial charge in [0.05, 0.1) is 30.0 Å². The fourth-order valence-electron chi connectivity index (χ4n) is 10.5. The first kappa shape index (κ1) is 28.1. The Morgan fingerprint density at radius 2 is 1.74 bits per heavy atom. The molecule has 6 aliphatic rings. The quantitative estimate of drug-likeness (QED) is 0.382. The smallest absolute Gasteiger partial charge is 0.331 e. The van der Waals surface area contributed by atoms with Crippen LogP contribution in [-0.4, -0.2) is 68.2 Å². The van der Waals surface area contributed by atoms with Crippen LogP contribution in [0.1, 0.15) is 85.5 Å². The van der Waals surface area contributed by atoms with Crippen molar-refractivity contribution in [1.29, 1.82) is 0 Å². The summed E-state index contributed by atoms with van der Waals surface area (Å²) in [7, 11) is 3.55. The summed E-state index contributed by atoms with van der Waals surface area (Å²) in [5.41, 5.74) is 0.0942. The van der Waals surface area contributed by atoms with E-state index >= 15 is 0 Å². The van der Waals surface area contributed by atoms with Gasteiger partial charge in [-0.25, -0.2) is 4.79 Å².